The first-order chi connectivity index (χ1) is 33.3. The lowest BCUT2D eigenvalue weighted by Crippen LogP contribution is -2.37. The Morgan fingerprint density at radius 3 is 1.91 bits per heavy atom. The topological polar surface area (TPSA) is 168 Å². The van der Waals surface area contributed by atoms with Crippen LogP contribution in [0, 0.1) is 0 Å². The molecule has 2 atom stereocenters. The van der Waals surface area contributed by atoms with Crippen molar-refractivity contribution in [2.45, 2.75) is 43.9 Å². The molecule has 2 heterocycles. The number of carbonyl (C=O) groups is 2. The second kappa shape index (κ2) is 20.3. The maximum atomic E-state index is 13.5. The summed E-state index contributed by atoms with van der Waals surface area (Å²) in [4.78, 5) is 39.7. The van der Waals surface area contributed by atoms with Gasteiger partial charge in [-0.15, -0.1) is 0 Å². The largest absolute Gasteiger partial charge is 0.497 e. The number of benzene rings is 6. The van der Waals surface area contributed by atoms with Crippen LogP contribution in [0.2, 0.25) is 0 Å². The smallest absolute Gasteiger partial charge is 0.407 e. The molecule has 0 saturated carbocycles. The van der Waals surface area contributed by atoms with E-state index >= 15 is 0 Å². The van der Waals surface area contributed by atoms with Crippen LogP contribution in [-0.2, 0) is 26.4 Å². The summed E-state index contributed by atoms with van der Waals surface area (Å²) >= 11 is 0. The van der Waals surface area contributed by atoms with Crippen LogP contribution in [0.3, 0.4) is 0 Å². The molecule has 0 fully saturated rings. The highest BCUT2D eigenvalue weighted by Gasteiger charge is 2.39. The number of nitrogens with one attached hydrogen (secondary N) is 2. The zero-order valence-electron chi connectivity index (χ0n) is 37.7. The summed E-state index contributed by atoms with van der Waals surface area (Å²) in [6, 6.07) is 48.3. The van der Waals surface area contributed by atoms with Gasteiger partial charge in [-0.1, -0.05) is 122 Å². The van der Waals surface area contributed by atoms with Crippen LogP contribution in [0.25, 0.3) is 22.3 Å². The number of aliphatic hydroxyl groups is 1. The molecular weight excluding hydrogens is 861 g/mol. The zero-order chi connectivity index (χ0) is 47.0. The Morgan fingerprint density at radius 2 is 1.31 bits per heavy atom. The van der Waals surface area contributed by atoms with Crippen LogP contribution in [0.4, 0.5) is 10.6 Å². The van der Waals surface area contributed by atoms with Crippen molar-refractivity contribution in [3.63, 3.8) is 0 Å². The van der Waals surface area contributed by atoms with Crippen molar-refractivity contribution in [1.29, 1.82) is 0 Å². The highest BCUT2D eigenvalue weighted by atomic mass is 16.6. The molecule has 3 N–H and O–H groups in total. The highest BCUT2D eigenvalue weighted by molar-refractivity contribution is 6.06. The monoisotopic (exact) mass is 910 g/mol. The Morgan fingerprint density at radius 1 is 0.721 bits per heavy atom. The molecule has 1 unspecified atom stereocenters. The SMILES string of the molecule is CC[C@@H](OC(O)COC(c1ccccc1)(c1ccc(OC)cc1)c1ccc(OC)cc1)n1cnc2c(NC(=O)c3ccc(CNC(=O)OCC4c5ccccc5-c5ccccc54)cc3)ncnc21. The van der Waals surface area contributed by atoms with Crippen molar-refractivity contribution in [2.24, 2.45) is 0 Å². The van der Waals surface area contributed by atoms with Crippen LogP contribution in [0.15, 0.2) is 164 Å². The van der Waals surface area contributed by atoms with Crippen molar-refractivity contribution < 1.29 is 38.4 Å². The van der Waals surface area contributed by atoms with E-state index in [1.54, 1.807) is 43.1 Å². The fourth-order valence-corrected chi connectivity index (χ4v) is 8.78. The summed E-state index contributed by atoms with van der Waals surface area (Å²) in [5.41, 5.74) is 7.75. The third kappa shape index (κ3) is 9.25. The van der Waals surface area contributed by atoms with Gasteiger partial charge in [-0.2, -0.15) is 0 Å². The molecule has 68 heavy (non-hydrogen) atoms. The van der Waals surface area contributed by atoms with Crippen molar-refractivity contribution >= 4 is 29.0 Å². The molecule has 8 aromatic rings. The second-order valence-electron chi connectivity index (χ2n) is 16.1. The minimum Gasteiger partial charge on any atom is -0.497 e. The molecule has 0 radical (unpaired) electrons. The van der Waals surface area contributed by atoms with Gasteiger partial charge in [0.05, 0.1) is 27.2 Å². The van der Waals surface area contributed by atoms with E-state index in [2.05, 4.69) is 49.9 Å². The van der Waals surface area contributed by atoms with E-state index in [9.17, 15) is 14.7 Å². The first kappa shape index (κ1) is 45.3. The van der Waals surface area contributed by atoms with Gasteiger partial charge in [0.2, 0.25) is 0 Å². The first-order valence-electron chi connectivity index (χ1n) is 22.3. The van der Waals surface area contributed by atoms with Crippen molar-refractivity contribution in [3.05, 3.63) is 203 Å². The number of anilines is 1. The van der Waals surface area contributed by atoms with Gasteiger partial charge in [0.1, 0.15) is 36.3 Å². The van der Waals surface area contributed by atoms with E-state index in [4.69, 9.17) is 23.7 Å². The van der Waals surface area contributed by atoms with Crippen molar-refractivity contribution in [3.8, 4) is 22.6 Å². The molecule has 14 nitrogen and oxygen atoms in total. The van der Waals surface area contributed by atoms with Crippen LogP contribution >= 0.6 is 0 Å². The molecule has 1 aliphatic carbocycles. The summed E-state index contributed by atoms with van der Waals surface area (Å²) in [5, 5.41) is 17.2. The maximum absolute atomic E-state index is 13.5. The van der Waals surface area contributed by atoms with E-state index in [-0.39, 0.29) is 31.5 Å². The summed E-state index contributed by atoms with van der Waals surface area (Å²) in [6.45, 7) is 2.11. The van der Waals surface area contributed by atoms with Crippen LogP contribution in [0.5, 0.6) is 11.5 Å². The van der Waals surface area contributed by atoms with E-state index in [1.165, 1.54) is 12.7 Å². The van der Waals surface area contributed by atoms with Gasteiger partial charge in [-0.25, -0.2) is 19.7 Å². The number of ether oxygens (including phenoxy) is 5. The Hall–Kier alpha value is -7.91. The molecule has 0 aliphatic heterocycles. The predicted octanol–water partition coefficient (Wildman–Crippen LogP) is 9.39. The van der Waals surface area contributed by atoms with Crippen LogP contribution in [0.1, 0.15) is 69.2 Å². The minimum absolute atomic E-state index is 0.0409. The van der Waals surface area contributed by atoms with Gasteiger partial charge < -0.3 is 39.4 Å². The molecule has 0 spiro atoms. The Labute approximate surface area is 393 Å². The number of nitrogens with zero attached hydrogens (tertiary/aromatic N) is 4. The van der Waals surface area contributed by atoms with E-state index in [1.807, 2.05) is 110 Å². The summed E-state index contributed by atoms with van der Waals surface area (Å²) in [7, 11) is 3.23. The lowest BCUT2D eigenvalue weighted by Gasteiger charge is -2.37. The second-order valence-corrected chi connectivity index (χ2v) is 16.1. The van der Waals surface area contributed by atoms with E-state index < -0.39 is 30.1 Å². The van der Waals surface area contributed by atoms with Crippen LogP contribution < -0.4 is 20.1 Å². The zero-order valence-corrected chi connectivity index (χ0v) is 37.7. The van der Waals surface area contributed by atoms with Crippen molar-refractivity contribution in [2.75, 3.05) is 32.8 Å². The molecular formula is C54H50N6O8. The number of alkyl carbamates (subject to hydrolysis) is 1. The maximum Gasteiger partial charge on any atom is 0.407 e. The van der Waals surface area contributed by atoms with Gasteiger partial charge in [-0.05, 0) is 87.3 Å². The van der Waals surface area contributed by atoms with Gasteiger partial charge in [0.15, 0.2) is 23.3 Å². The summed E-state index contributed by atoms with van der Waals surface area (Å²) in [5.74, 6) is 1.12. The third-order valence-corrected chi connectivity index (χ3v) is 12.2. The fraction of sp³-hybridized carbons (Fsp3) is 0.204. The summed E-state index contributed by atoms with van der Waals surface area (Å²) < 4.78 is 31.4. The molecule has 0 bridgehead atoms. The molecule has 2 amide bonds. The molecule has 9 rings (SSSR count). The molecule has 14 heteroatoms. The minimum atomic E-state index is -1.39. The number of aromatic nitrogens is 4. The number of carbonyl (C=O) groups excluding carboxylic acids is 2. The molecule has 344 valence electrons. The average molecular weight is 911 g/mol. The first-order valence-corrected chi connectivity index (χ1v) is 22.3. The lowest BCUT2D eigenvalue weighted by molar-refractivity contribution is -0.199. The standard InChI is InChI=1S/C54H50N6O8/c1-4-47(68-48(61)32-67-54(37-12-6-5-7-13-37,38-22-26-40(64-2)27-23-38)39-24-28-41(65-3)29-25-39)60-34-58-49-50(56-33-57-51(49)60)59-52(62)36-20-18-35(19-21-36)30-55-53(63)66-31-46-44-16-10-8-14-42(44)43-15-9-11-17-45(43)46/h5-29,33-34,46-48,61H,4,30-32H2,1-3H3,(H,55,63)(H,56,57,59,62)/t47-,48?/m1/s1. The quantitative estimate of drug-likeness (QED) is 0.0554. The van der Waals surface area contributed by atoms with Gasteiger partial charge in [-0.3, -0.25) is 9.36 Å². The van der Waals surface area contributed by atoms with E-state index in [0.29, 0.717) is 34.6 Å². The van der Waals surface area contributed by atoms with E-state index in [0.717, 1.165) is 44.5 Å². The summed E-state index contributed by atoms with van der Waals surface area (Å²) in [6.07, 6.45) is 0.655. The molecule has 2 aromatic heterocycles. The number of amides is 2. The van der Waals surface area contributed by atoms with Gasteiger partial charge >= 0.3 is 6.09 Å². The van der Waals surface area contributed by atoms with Crippen molar-refractivity contribution in [1.82, 2.24) is 24.8 Å². The molecule has 0 saturated heterocycles. The number of hydrogen-bond donors (Lipinski definition) is 3. The Balaban J connectivity index is 0.841. The number of methoxy groups -OCH3 is 2. The Bertz CT molecular complexity index is 2910. The number of fused-ring (bicyclic) bond motifs is 4. The Kier molecular flexibility index (Phi) is 13.5. The normalized spacial score (nSPS) is 13.0. The molecule has 1 aliphatic rings. The van der Waals surface area contributed by atoms with Gasteiger partial charge in [0, 0.05) is 18.0 Å². The average Bonchev–Trinajstić information content (AvgIpc) is 3.97. The third-order valence-electron chi connectivity index (χ3n) is 12.2. The fourth-order valence-electron chi connectivity index (χ4n) is 8.78. The van der Waals surface area contributed by atoms with Gasteiger partial charge in [0.25, 0.3) is 5.91 Å². The lowest BCUT2D eigenvalue weighted by atomic mass is 9.80. The predicted molar refractivity (Wildman–Crippen MR) is 256 cm³/mol. The number of hydrogen-bond acceptors (Lipinski definition) is 11. The number of imidazole rings is 1. The number of aliphatic hydroxyl groups excluding tert-OH is 1. The van der Waals surface area contributed by atoms with Crippen LogP contribution in [-0.4, -0.2) is 70.3 Å². The number of rotatable bonds is 18. The molecule has 6 aromatic carbocycles. The highest BCUT2D eigenvalue weighted by Crippen LogP contribution is 2.45.